The third-order valence-corrected chi connectivity index (χ3v) is 5.69. The lowest BCUT2D eigenvalue weighted by Gasteiger charge is -2.29. The van der Waals surface area contributed by atoms with Crippen LogP contribution in [-0.2, 0) is 17.9 Å². The summed E-state index contributed by atoms with van der Waals surface area (Å²) in [6.07, 6.45) is 1.44. The molecule has 0 aliphatic heterocycles. The molecule has 0 aliphatic rings. The Balaban J connectivity index is 1.80. The number of furan rings is 1. The van der Waals surface area contributed by atoms with E-state index in [0.717, 1.165) is 15.3 Å². The zero-order chi connectivity index (χ0) is 21.7. The topological polar surface area (TPSA) is 53.8 Å². The molecule has 158 valence electrons. The minimum absolute atomic E-state index is 0.0667. The van der Waals surface area contributed by atoms with Crippen molar-refractivity contribution in [1.82, 2.24) is 9.80 Å². The van der Waals surface area contributed by atoms with Gasteiger partial charge in [-0.05, 0) is 62.7 Å². The van der Waals surface area contributed by atoms with Crippen LogP contribution >= 0.6 is 11.3 Å². The van der Waals surface area contributed by atoms with E-state index < -0.39 is 0 Å². The number of benzene rings is 1. The minimum atomic E-state index is -0.322. The molecule has 0 saturated heterocycles. The van der Waals surface area contributed by atoms with Gasteiger partial charge in [-0.15, -0.1) is 11.3 Å². The average molecular weight is 429 g/mol. The van der Waals surface area contributed by atoms with Crippen LogP contribution in [0.3, 0.4) is 0 Å². The van der Waals surface area contributed by atoms with E-state index >= 15 is 0 Å². The molecule has 3 rings (SSSR count). The smallest absolute Gasteiger partial charge is 0.290 e. The van der Waals surface area contributed by atoms with Gasteiger partial charge in [-0.2, -0.15) is 0 Å². The molecule has 0 bridgehead atoms. The molecule has 0 unspecified atom stereocenters. The van der Waals surface area contributed by atoms with Crippen molar-refractivity contribution in [1.29, 1.82) is 0 Å². The second-order valence-electron chi connectivity index (χ2n) is 7.39. The SMILES string of the molecule is Cc1ccc(CN(Cc2ccc(F)cc2)C(=O)CN(C(=O)c2ccco2)C(C)C)s1. The van der Waals surface area contributed by atoms with Crippen LogP contribution in [0, 0.1) is 12.7 Å². The van der Waals surface area contributed by atoms with Crippen LogP contribution in [0.4, 0.5) is 4.39 Å². The summed E-state index contributed by atoms with van der Waals surface area (Å²) >= 11 is 1.63. The summed E-state index contributed by atoms with van der Waals surface area (Å²) in [5.41, 5.74) is 0.825. The van der Waals surface area contributed by atoms with Gasteiger partial charge in [0.05, 0.1) is 12.8 Å². The molecular formula is C23H25FN2O3S. The van der Waals surface area contributed by atoms with Crippen LogP contribution in [0.5, 0.6) is 0 Å². The molecule has 0 atom stereocenters. The lowest BCUT2D eigenvalue weighted by molar-refractivity contribution is -0.133. The molecule has 3 aromatic rings. The van der Waals surface area contributed by atoms with Gasteiger partial charge in [0.1, 0.15) is 12.4 Å². The van der Waals surface area contributed by atoms with Crippen LogP contribution in [0.25, 0.3) is 0 Å². The molecule has 0 radical (unpaired) electrons. The van der Waals surface area contributed by atoms with Gasteiger partial charge >= 0.3 is 0 Å². The molecule has 7 heteroatoms. The third-order valence-electron chi connectivity index (χ3n) is 4.70. The Labute approximate surface area is 179 Å². The van der Waals surface area contributed by atoms with E-state index in [1.807, 2.05) is 32.9 Å². The van der Waals surface area contributed by atoms with Crippen molar-refractivity contribution < 1.29 is 18.4 Å². The van der Waals surface area contributed by atoms with E-state index in [2.05, 4.69) is 0 Å². The Hall–Kier alpha value is -2.93. The number of amides is 2. The highest BCUT2D eigenvalue weighted by molar-refractivity contribution is 7.11. The average Bonchev–Trinajstić information content (AvgIpc) is 3.38. The number of halogens is 1. The zero-order valence-electron chi connectivity index (χ0n) is 17.3. The summed E-state index contributed by atoms with van der Waals surface area (Å²) in [6, 6.07) is 13.2. The summed E-state index contributed by atoms with van der Waals surface area (Å²) in [5.74, 6) is -0.618. The third kappa shape index (κ3) is 5.57. The molecule has 30 heavy (non-hydrogen) atoms. The number of thiophene rings is 1. The zero-order valence-corrected chi connectivity index (χ0v) is 18.1. The van der Waals surface area contributed by atoms with Crippen LogP contribution in [-0.4, -0.2) is 34.2 Å². The van der Waals surface area contributed by atoms with Gasteiger partial charge in [0.2, 0.25) is 5.91 Å². The van der Waals surface area contributed by atoms with E-state index in [-0.39, 0.29) is 36.0 Å². The number of carbonyl (C=O) groups is 2. The number of rotatable bonds is 8. The van der Waals surface area contributed by atoms with Crippen LogP contribution in [0.2, 0.25) is 0 Å². The fraction of sp³-hybridized carbons (Fsp3) is 0.304. The first kappa shape index (κ1) is 21.8. The molecular weight excluding hydrogens is 403 g/mol. The fourth-order valence-corrected chi connectivity index (χ4v) is 3.98. The van der Waals surface area contributed by atoms with E-state index in [0.29, 0.717) is 13.1 Å². The summed E-state index contributed by atoms with van der Waals surface area (Å²) in [7, 11) is 0. The molecule has 1 aromatic carbocycles. The van der Waals surface area contributed by atoms with Crippen LogP contribution < -0.4 is 0 Å². The highest BCUT2D eigenvalue weighted by Gasteiger charge is 2.26. The monoisotopic (exact) mass is 428 g/mol. The Morgan fingerprint density at radius 2 is 1.80 bits per heavy atom. The van der Waals surface area contributed by atoms with Crippen molar-refractivity contribution in [3.05, 3.63) is 81.7 Å². The van der Waals surface area contributed by atoms with Crippen molar-refractivity contribution >= 4 is 23.2 Å². The molecule has 0 fully saturated rings. The first-order valence-corrected chi connectivity index (χ1v) is 10.6. The Morgan fingerprint density at radius 3 is 2.37 bits per heavy atom. The Bertz CT molecular complexity index is 980. The van der Waals surface area contributed by atoms with Gasteiger partial charge in [-0.1, -0.05) is 12.1 Å². The predicted molar refractivity (Wildman–Crippen MR) is 115 cm³/mol. The van der Waals surface area contributed by atoms with Gasteiger partial charge in [0, 0.05) is 22.3 Å². The van der Waals surface area contributed by atoms with Gasteiger partial charge in [-0.25, -0.2) is 4.39 Å². The molecule has 2 amide bonds. The van der Waals surface area contributed by atoms with E-state index in [4.69, 9.17) is 4.42 Å². The van der Waals surface area contributed by atoms with E-state index in [9.17, 15) is 14.0 Å². The van der Waals surface area contributed by atoms with Crippen molar-refractivity contribution in [2.75, 3.05) is 6.54 Å². The molecule has 0 saturated carbocycles. The molecule has 5 nitrogen and oxygen atoms in total. The Morgan fingerprint density at radius 1 is 1.07 bits per heavy atom. The van der Waals surface area contributed by atoms with Gasteiger partial charge in [0.25, 0.3) is 5.91 Å². The maximum Gasteiger partial charge on any atom is 0.290 e. The highest BCUT2D eigenvalue weighted by Crippen LogP contribution is 2.20. The van der Waals surface area contributed by atoms with E-state index in [1.54, 1.807) is 40.5 Å². The van der Waals surface area contributed by atoms with Crippen LogP contribution in [0.1, 0.15) is 39.7 Å². The predicted octanol–water partition coefficient (Wildman–Crippen LogP) is 4.87. The number of nitrogens with zero attached hydrogens (tertiary/aromatic N) is 2. The number of hydrogen-bond donors (Lipinski definition) is 0. The lowest BCUT2D eigenvalue weighted by Crippen LogP contribution is -2.45. The quantitative estimate of drug-likeness (QED) is 0.514. The summed E-state index contributed by atoms with van der Waals surface area (Å²) < 4.78 is 18.5. The van der Waals surface area contributed by atoms with Crippen molar-refractivity contribution in [2.24, 2.45) is 0 Å². The summed E-state index contributed by atoms with van der Waals surface area (Å²) in [6.45, 7) is 6.43. The second-order valence-corrected chi connectivity index (χ2v) is 8.77. The molecule has 0 spiro atoms. The molecule has 0 N–H and O–H groups in total. The van der Waals surface area contributed by atoms with E-state index in [1.165, 1.54) is 23.3 Å². The largest absolute Gasteiger partial charge is 0.459 e. The number of hydrogen-bond acceptors (Lipinski definition) is 4. The maximum atomic E-state index is 13.3. The second kappa shape index (κ2) is 9.71. The molecule has 2 heterocycles. The summed E-state index contributed by atoms with van der Waals surface area (Å²) in [5, 5.41) is 0. The number of carbonyl (C=O) groups excluding carboxylic acids is 2. The first-order chi connectivity index (χ1) is 14.3. The fourth-order valence-electron chi connectivity index (χ4n) is 3.08. The standard InChI is InChI=1S/C23H25FN2O3S/c1-16(2)26(23(28)21-5-4-12-29-21)15-22(27)25(14-20-11-6-17(3)30-20)13-18-7-9-19(24)10-8-18/h4-12,16H,13-15H2,1-3H3. The lowest BCUT2D eigenvalue weighted by atomic mass is 10.2. The van der Waals surface area contributed by atoms with Crippen molar-refractivity contribution in [3.8, 4) is 0 Å². The summed E-state index contributed by atoms with van der Waals surface area (Å²) in [4.78, 5) is 31.4. The van der Waals surface area contributed by atoms with Gasteiger partial charge in [-0.3, -0.25) is 9.59 Å². The maximum absolute atomic E-state index is 13.3. The molecule has 2 aromatic heterocycles. The van der Waals surface area contributed by atoms with Gasteiger partial charge < -0.3 is 14.2 Å². The minimum Gasteiger partial charge on any atom is -0.459 e. The Kier molecular flexibility index (Phi) is 7.05. The highest BCUT2D eigenvalue weighted by atomic mass is 32.1. The normalized spacial score (nSPS) is 11.0. The van der Waals surface area contributed by atoms with Crippen molar-refractivity contribution in [2.45, 2.75) is 39.9 Å². The van der Waals surface area contributed by atoms with Gasteiger partial charge in [0.15, 0.2) is 5.76 Å². The van der Waals surface area contributed by atoms with Crippen molar-refractivity contribution in [3.63, 3.8) is 0 Å². The number of aryl methyl sites for hydroxylation is 1. The van der Waals surface area contributed by atoms with Crippen LogP contribution in [0.15, 0.2) is 59.2 Å². The molecule has 0 aliphatic carbocycles. The first-order valence-electron chi connectivity index (χ1n) is 9.75.